The molecule has 2 aromatic carbocycles. The van der Waals surface area contributed by atoms with Gasteiger partial charge in [-0.05, 0) is 25.0 Å². The van der Waals surface area contributed by atoms with Gasteiger partial charge in [-0.1, -0.05) is 41.9 Å². The number of hydrogen-bond acceptors (Lipinski definition) is 5. The first-order chi connectivity index (χ1) is 13.0. The lowest BCUT2D eigenvalue weighted by molar-refractivity contribution is -0.130. The summed E-state index contributed by atoms with van der Waals surface area (Å²) >= 11 is 6.16. The molecule has 27 heavy (non-hydrogen) atoms. The van der Waals surface area contributed by atoms with Gasteiger partial charge in [-0.2, -0.15) is 0 Å². The smallest absolute Gasteiger partial charge is 0.339 e. The molecule has 1 aliphatic carbocycles. The summed E-state index contributed by atoms with van der Waals surface area (Å²) in [4.78, 5) is 25.3. The third kappa shape index (κ3) is 4.52. The van der Waals surface area contributed by atoms with E-state index in [-0.39, 0.29) is 22.5 Å². The first-order valence-electron chi connectivity index (χ1n) is 8.51. The Morgan fingerprint density at radius 3 is 2.41 bits per heavy atom. The van der Waals surface area contributed by atoms with E-state index in [9.17, 15) is 9.59 Å². The van der Waals surface area contributed by atoms with Crippen molar-refractivity contribution in [3.8, 4) is 11.5 Å². The summed E-state index contributed by atoms with van der Waals surface area (Å²) in [5.41, 5.74) is 0.758. The van der Waals surface area contributed by atoms with Gasteiger partial charge in [-0.15, -0.1) is 0 Å². The molecule has 1 N–H and O–H groups in total. The Balaban J connectivity index is 1.86. The summed E-state index contributed by atoms with van der Waals surface area (Å²) in [5.74, 6) is -0.404. The van der Waals surface area contributed by atoms with Gasteiger partial charge >= 0.3 is 5.97 Å². The number of carbonyl (C=O) groups excluding carboxylic acids is 2. The first kappa shape index (κ1) is 19.0. The van der Waals surface area contributed by atoms with Gasteiger partial charge in [0.1, 0.15) is 0 Å². The molecule has 0 bridgehead atoms. The minimum absolute atomic E-state index is 0.151. The fourth-order valence-corrected chi connectivity index (χ4v) is 2.90. The number of carbonyl (C=O) groups is 2. The molecule has 1 aliphatic rings. The van der Waals surface area contributed by atoms with Crippen molar-refractivity contribution < 1.29 is 23.8 Å². The highest BCUT2D eigenvalue weighted by Crippen LogP contribution is 2.36. The molecule has 1 amide bonds. The molecule has 1 atom stereocenters. The van der Waals surface area contributed by atoms with Crippen LogP contribution >= 0.6 is 11.6 Å². The van der Waals surface area contributed by atoms with Gasteiger partial charge in [0.25, 0.3) is 5.91 Å². The van der Waals surface area contributed by atoms with Crippen molar-refractivity contribution in [3.05, 3.63) is 58.6 Å². The maximum Gasteiger partial charge on any atom is 0.339 e. The van der Waals surface area contributed by atoms with Crippen molar-refractivity contribution >= 4 is 23.5 Å². The van der Waals surface area contributed by atoms with Gasteiger partial charge in [0.15, 0.2) is 11.5 Å². The molecular weight excluding hydrogens is 370 g/mol. The monoisotopic (exact) mass is 389 g/mol. The number of benzene rings is 2. The van der Waals surface area contributed by atoms with Crippen molar-refractivity contribution in [2.45, 2.75) is 25.0 Å². The summed E-state index contributed by atoms with van der Waals surface area (Å²) in [7, 11) is 2.90. The molecule has 0 radical (unpaired) electrons. The third-order valence-corrected chi connectivity index (χ3v) is 4.44. The van der Waals surface area contributed by atoms with Crippen LogP contribution in [-0.4, -0.2) is 32.1 Å². The Kier molecular flexibility index (Phi) is 5.86. The zero-order valence-electron chi connectivity index (χ0n) is 15.0. The molecular formula is C20H20ClNO5. The van der Waals surface area contributed by atoms with Gasteiger partial charge in [0, 0.05) is 11.6 Å². The van der Waals surface area contributed by atoms with E-state index >= 15 is 0 Å². The zero-order chi connectivity index (χ0) is 19.4. The van der Waals surface area contributed by atoms with E-state index in [2.05, 4.69) is 5.32 Å². The van der Waals surface area contributed by atoms with Crippen molar-refractivity contribution in [2.75, 3.05) is 14.2 Å². The summed E-state index contributed by atoms with van der Waals surface area (Å²) in [6.45, 7) is 0. The third-order valence-electron chi connectivity index (χ3n) is 4.16. The van der Waals surface area contributed by atoms with Crippen LogP contribution in [0.1, 0.15) is 34.9 Å². The van der Waals surface area contributed by atoms with E-state index in [4.69, 9.17) is 25.8 Å². The number of hydrogen-bond donors (Lipinski definition) is 1. The minimum Gasteiger partial charge on any atom is -0.493 e. The molecule has 1 fully saturated rings. The highest BCUT2D eigenvalue weighted by atomic mass is 35.5. The highest BCUT2D eigenvalue weighted by Gasteiger charge is 2.31. The second-order valence-corrected chi connectivity index (χ2v) is 6.58. The Morgan fingerprint density at radius 2 is 1.81 bits per heavy atom. The molecule has 6 nitrogen and oxygen atoms in total. The number of ether oxygens (including phenoxy) is 3. The zero-order valence-corrected chi connectivity index (χ0v) is 15.8. The largest absolute Gasteiger partial charge is 0.493 e. The number of nitrogens with one attached hydrogen (secondary N) is 1. The van der Waals surface area contributed by atoms with Crippen LogP contribution < -0.4 is 14.8 Å². The van der Waals surface area contributed by atoms with E-state index in [1.54, 1.807) is 24.3 Å². The fourth-order valence-electron chi connectivity index (χ4n) is 2.62. The Morgan fingerprint density at radius 1 is 1.11 bits per heavy atom. The van der Waals surface area contributed by atoms with E-state index < -0.39 is 12.1 Å². The van der Waals surface area contributed by atoms with E-state index in [1.165, 1.54) is 26.4 Å². The van der Waals surface area contributed by atoms with Gasteiger partial charge < -0.3 is 19.5 Å². The second kappa shape index (κ2) is 8.31. The van der Waals surface area contributed by atoms with Crippen molar-refractivity contribution in [1.82, 2.24) is 5.32 Å². The summed E-state index contributed by atoms with van der Waals surface area (Å²) in [6, 6.07) is 11.9. The molecule has 7 heteroatoms. The second-order valence-electron chi connectivity index (χ2n) is 6.17. The molecule has 0 saturated heterocycles. The molecule has 0 heterocycles. The number of esters is 1. The van der Waals surface area contributed by atoms with Gasteiger partial charge in [-0.25, -0.2) is 4.79 Å². The number of rotatable bonds is 7. The molecule has 3 rings (SSSR count). The standard InChI is InChI=1S/C20H20ClNO5/c1-25-16-11-13(10-15(21)18(16)26-2)20(24)27-17(12-6-4-3-5-7-12)19(23)22-14-8-9-14/h3-7,10-11,14,17H,8-9H2,1-2H3,(H,22,23). The number of methoxy groups -OCH3 is 2. The average Bonchev–Trinajstić information content (AvgIpc) is 3.49. The van der Waals surface area contributed by atoms with Crippen LogP contribution in [-0.2, 0) is 9.53 Å². The van der Waals surface area contributed by atoms with Gasteiger partial charge in [0.2, 0.25) is 6.10 Å². The van der Waals surface area contributed by atoms with Crippen LogP contribution in [0.15, 0.2) is 42.5 Å². The SMILES string of the molecule is COc1cc(C(=O)OC(C(=O)NC2CC2)c2ccccc2)cc(Cl)c1OC. The van der Waals surface area contributed by atoms with E-state index in [0.717, 1.165) is 12.8 Å². The van der Waals surface area contributed by atoms with Crippen LogP contribution in [0.5, 0.6) is 11.5 Å². The normalized spacial score (nSPS) is 14.2. The summed E-state index contributed by atoms with van der Waals surface area (Å²) in [5, 5.41) is 3.09. The van der Waals surface area contributed by atoms with E-state index in [1.807, 2.05) is 6.07 Å². The van der Waals surface area contributed by atoms with Crippen molar-refractivity contribution in [3.63, 3.8) is 0 Å². The van der Waals surface area contributed by atoms with Gasteiger partial charge in [-0.3, -0.25) is 4.79 Å². The maximum atomic E-state index is 12.7. The van der Waals surface area contributed by atoms with Crippen LogP contribution in [0.25, 0.3) is 0 Å². The van der Waals surface area contributed by atoms with Crippen LogP contribution in [0.3, 0.4) is 0 Å². The van der Waals surface area contributed by atoms with E-state index in [0.29, 0.717) is 17.1 Å². The Bertz CT molecular complexity index is 836. The quantitative estimate of drug-likeness (QED) is 0.733. The predicted molar refractivity (Wildman–Crippen MR) is 100 cm³/mol. The fraction of sp³-hybridized carbons (Fsp3) is 0.300. The molecule has 1 unspecified atom stereocenters. The topological polar surface area (TPSA) is 73.9 Å². The minimum atomic E-state index is -1.05. The maximum absolute atomic E-state index is 12.7. The number of halogens is 1. The molecule has 2 aromatic rings. The molecule has 1 saturated carbocycles. The van der Waals surface area contributed by atoms with Crippen molar-refractivity contribution in [2.24, 2.45) is 0 Å². The van der Waals surface area contributed by atoms with Crippen LogP contribution in [0, 0.1) is 0 Å². The Hall–Kier alpha value is -2.73. The summed E-state index contributed by atoms with van der Waals surface area (Å²) < 4.78 is 15.9. The lowest BCUT2D eigenvalue weighted by Gasteiger charge is -2.18. The average molecular weight is 390 g/mol. The lowest BCUT2D eigenvalue weighted by Crippen LogP contribution is -2.33. The number of amides is 1. The molecule has 142 valence electrons. The molecule has 0 spiro atoms. The highest BCUT2D eigenvalue weighted by molar-refractivity contribution is 6.32. The van der Waals surface area contributed by atoms with Crippen LogP contribution in [0.4, 0.5) is 0 Å². The molecule has 0 aromatic heterocycles. The predicted octanol–water partition coefficient (Wildman–Crippen LogP) is 3.53. The van der Waals surface area contributed by atoms with Crippen molar-refractivity contribution in [1.29, 1.82) is 0 Å². The van der Waals surface area contributed by atoms with Gasteiger partial charge in [0.05, 0.1) is 24.8 Å². The molecule has 0 aliphatic heterocycles. The lowest BCUT2D eigenvalue weighted by atomic mass is 10.1. The summed E-state index contributed by atoms with van der Waals surface area (Å²) in [6.07, 6.45) is 0.824. The Labute approximate surface area is 162 Å². The first-order valence-corrected chi connectivity index (χ1v) is 8.89. The van der Waals surface area contributed by atoms with Crippen LogP contribution in [0.2, 0.25) is 5.02 Å².